The van der Waals surface area contributed by atoms with E-state index in [0.29, 0.717) is 34.4 Å². The van der Waals surface area contributed by atoms with Gasteiger partial charge in [-0.25, -0.2) is 8.78 Å². The van der Waals surface area contributed by atoms with Crippen LogP contribution in [0, 0.1) is 18.6 Å². The lowest BCUT2D eigenvalue weighted by Gasteiger charge is -2.17. The summed E-state index contributed by atoms with van der Waals surface area (Å²) in [4.78, 5) is 12.2. The van der Waals surface area contributed by atoms with E-state index in [4.69, 9.17) is 16.3 Å². The van der Waals surface area contributed by atoms with Crippen LogP contribution >= 0.6 is 23.4 Å². The minimum Gasteiger partial charge on any atom is -0.481 e. The predicted molar refractivity (Wildman–Crippen MR) is 121 cm³/mol. The Bertz CT molecular complexity index is 1140. The van der Waals surface area contributed by atoms with Crippen molar-refractivity contribution in [2.45, 2.75) is 31.7 Å². The molecule has 0 aliphatic heterocycles. The van der Waals surface area contributed by atoms with Crippen LogP contribution in [-0.4, -0.2) is 26.4 Å². The molecule has 1 heterocycles. The van der Waals surface area contributed by atoms with E-state index in [1.165, 1.54) is 6.07 Å². The smallest absolute Gasteiger partial charge is 0.234 e. The molecule has 1 amide bonds. The number of hydrogen-bond acceptors (Lipinski definition) is 5. The molecule has 0 aliphatic carbocycles. The van der Waals surface area contributed by atoms with E-state index in [-0.39, 0.29) is 11.4 Å². The van der Waals surface area contributed by atoms with Crippen molar-refractivity contribution in [1.29, 1.82) is 0 Å². The Morgan fingerprint density at radius 1 is 1.31 bits per heavy atom. The Morgan fingerprint density at radius 3 is 2.81 bits per heavy atom. The maximum atomic E-state index is 13.7. The molecular weight excluding hydrogens is 458 g/mol. The predicted octanol–water partition coefficient (Wildman–Crippen LogP) is 5.57. The second-order valence-electron chi connectivity index (χ2n) is 6.90. The molecule has 3 aromatic rings. The molecule has 0 saturated carbocycles. The molecule has 1 N–H and O–H groups in total. The quantitative estimate of drug-likeness (QED) is 0.321. The van der Waals surface area contributed by atoms with Gasteiger partial charge in [-0.3, -0.25) is 9.36 Å². The second-order valence-corrected chi connectivity index (χ2v) is 8.24. The number of carbonyl (C=O) groups excluding carboxylic acids is 1. The van der Waals surface area contributed by atoms with Gasteiger partial charge in [-0.2, -0.15) is 0 Å². The SMILES string of the molecule is C=CCn1c(SCC(=O)Nc2ccc(F)cc2F)nnc1C(C)Oc1cc(C)ccc1Cl. The monoisotopic (exact) mass is 478 g/mol. The lowest BCUT2D eigenvalue weighted by Crippen LogP contribution is -2.16. The molecule has 1 unspecified atom stereocenters. The third-order valence-corrected chi connectivity index (χ3v) is 5.63. The molecule has 0 radical (unpaired) electrons. The van der Waals surface area contributed by atoms with Crippen molar-refractivity contribution in [3.05, 3.63) is 77.1 Å². The molecule has 168 valence electrons. The Kier molecular flexibility index (Phi) is 7.87. The van der Waals surface area contributed by atoms with Crippen LogP contribution < -0.4 is 10.1 Å². The largest absolute Gasteiger partial charge is 0.481 e. The number of allylic oxidation sites excluding steroid dienone is 1. The van der Waals surface area contributed by atoms with E-state index in [0.717, 1.165) is 23.4 Å². The Labute approximate surface area is 193 Å². The summed E-state index contributed by atoms with van der Waals surface area (Å²) in [6, 6.07) is 8.43. The molecule has 1 aromatic heterocycles. The summed E-state index contributed by atoms with van der Waals surface area (Å²) in [5, 5.41) is 11.7. The van der Waals surface area contributed by atoms with E-state index in [2.05, 4.69) is 22.1 Å². The average Bonchev–Trinajstić information content (AvgIpc) is 3.14. The Balaban J connectivity index is 1.70. The van der Waals surface area contributed by atoms with Gasteiger partial charge in [0.1, 0.15) is 17.4 Å². The van der Waals surface area contributed by atoms with Crippen molar-refractivity contribution in [1.82, 2.24) is 14.8 Å². The van der Waals surface area contributed by atoms with Gasteiger partial charge in [0, 0.05) is 12.6 Å². The maximum Gasteiger partial charge on any atom is 0.234 e. The first kappa shape index (κ1) is 23.7. The second kappa shape index (κ2) is 10.6. The number of halogens is 3. The first-order valence-corrected chi connectivity index (χ1v) is 11.0. The number of aromatic nitrogens is 3. The fraction of sp³-hybridized carbons (Fsp3) is 0.227. The van der Waals surface area contributed by atoms with Gasteiger partial charge in [0.05, 0.1) is 16.5 Å². The van der Waals surface area contributed by atoms with Crippen molar-refractivity contribution >= 4 is 35.0 Å². The Morgan fingerprint density at radius 2 is 2.09 bits per heavy atom. The van der Waals surface area contributed by atoms with Crippen molar-refractivity contribution in [2.75, 3.05) is 11.1 Å². The van der Waals surface area contributed by atoms with Crippen molar-refractivity contribution in [2.24, 2.45) is 0 Å². The van der Waals surface area contributed by atoms with Crippen LogP contribution in [-0.2, 0) is 11.3 Å². The number of aryl methyl sites for hydroxylation is 1. The van der Waals surface area contributed by atoms with Gasteiger partial charge in [-0.05, 0) is 43.7 Å². The lowest BCUT2D eigenvalue weighted by atomic mass is 10.2. The number of thioether (sulfide) groups is 1. The van der Waals surface area contributed by atoms with Crippen LogP contribution in [0.25, 0.3) is 0 Å². The molecule has 0 fully saturated rings. The highest BCUT2D eigenvalue weighted by Gasteiger charge is 2.21. The third kappa shape index (κ3) is 5.86. The number of rotatable bonds is 9. The van der Waals surface area contributed by atoms with E-state index < -0.39 is 23.6 Å². The molecule has 0 spiro atoms. The van der Waals surface area contributed by atoms with Crippen molar-refractivity contribution in [3.63, 3.8) is 0 Å². The number of anilines is 1. The number of hydrogen-bond donors (Lipinski definition) is 1. The summed E-state index contributed by atoms with van der Waals surface area (Å²) in [6.07, 6.45) is 1.20. The first-order valence-electron chi connectivity index (χ1n) is 9.63. The first-order chi connectivity index (χ1) is 15.3. The van der Waals surface area contributed by atoms with E-state index >= 15 is 0 Å². The van der Waals surface area contributed by atoms with Crippen LogP contribution in [0.2, 0.25) is 5.02 Å². The molecule has 0 saturated heterocycles. The Hall–Kier alpha value is -2.91. The topological polar surface area (TPSA) is 69.0 Å². The van der Waals surface area contributed by atoms with E-state index in [1.807, 2.05) is 26.0 Å². The fourth-order valence-electron chi connectivity index (χ4n) is 2.86. The van der Waals surface area contributed by atoms with Gasteiger partial charge in [-0.15, -0.1) is 16.8 Å². The molecule has 32 heavy (non-hydrogen) atoms. The lowest BCUT2D eigenvalue weighted by molar-refractivity contribution is -0.113. The van der Waals surface area contributed by atoms with E-state index in [1.54, 1.807) is 16.7 Å². The zero-order chi connectivity index (χ0) is 23.3. The van der Waals surface area contributed by atoms with Gasteiger partial charge >= 0.3 is 0 Å². The number of amides is 1. The zero-order valence-corrected chi connectivity index (χ0v) is 19.0. The summed E-state index contributed by atoms with van der Waals surface area (Å²) in [6.45, 7) is 7.91. The van der Waals surface area contributed by atoms with Crippen LogP contribution in [0.1, 0.15) is 24.4 Å². The van der Waals surface area contributed by atoms with E-state index in [9.17, 15) is 13.6 Å². The minimum absolute atomic E-state index is 0.0506. The molecule has 2 aromatic carbocycles. The normalized spacial score (nSPS) is 11.8. The molecule has 3 rings (SSSR count). The number of carbonyl (C=O) groups is 1. The van der Waals surface area contributed by atoms with Crippen molar-refractivity contribution < 1.29 is 18.3 Å². The average molecular weight is 479 g/mol. The molecule has 0 bridgehead atoms. The number of nitrogens with zero attached hydrogens (tertiary/aromatic N) is 3. The zero-order valence-electron chi connectivity index (χ0n) is 17.4. The van der Waals surface area contributed by atoms with Gasteiger partial charge in [0.15, 0.2) is 17.1 Å². The fourth-order valence-corrected chi connectivity index (χ4v) is 3.78. The van der Waals surface area contributed by atoms with Crippen molar-refractivity contribution in [3.8, 4) is 5.75 Å². The summed E-state index contributed by atoms with van der Waals surface area (Å²) in [5.41, 5.74) is 0.909. The maximum absolute atomic E-state index is 13.7. The summed E-state index contributed by atoms with van der Waals surface area (Å²) < 4.78 is 34.5. The standard InChI is InChI=1S/C22H21ClF2N4O2S/c1-4-9-29-21(14(3)31-19-10-13(2)5-7-16(19)23)27-28-22(29)32-12-20(30)26-18-8-6-15(24)11-17(18)25/h4-8,10-11,14H,1,9,12H2,2-3H3,(H,26,30). The molecule has 1 atom stereocenters. The van der Waals surface area contributed by atoms with Crippen LogP contribution in [0.15, 0.2) is 54.2 Å². The summed E-state index contributed by atoms with van der Waals surface area (Å²) in [5.74, 6) is -1.02. The minimum atomic E-state index is -0.846. The van der Waals surface area contributed by atoms with Gasteiger partial charge in [-0.1, -0.05) is 35.5 Å². The summed E-state index contributed by atoms with van der Waals surface area (Å²) in [7, 11) is 0. The van der Waals surface area contributed by atoms with Crippen LogP contribution in [0.3, 0.4) is 0 Å². The van der Waals surface area contributed by atoms with Crippen LogP contribution in [0.4, 0.5) is 14.5 Å². The number of ether oxygens (including phenoxy) is 1. The molecule has 0 aliphatic rings. The van der Waals surface area contributed by atoms with Gasteiger partial charge < -0.3 is 10.1 Å². The third-order valence-electron chi connectivity index (χ3n) is 4.35. The highest BCUT2D eigenvalue weighted by molar-refractivity contribution is 7.99. The molecule has 6 nitrogen and oxygen atoms in total. The molecular formula is C22H21ClF2N4O2S. The summed E-state index contributed by atoms with van der Waals surface area (Å²) >= 11 is 7.35. The molecule has 10 heteroatoms. The van der Waals surface area contributed by atoms with Gasteiger partial charge in [0.25, 0.3) is 0 Å². The van der Waals surface area contributed by atoms with Gasteiger partial charge in [0.2, 0.25) is 5.91 Å². The highest BCUT2D eigenvalue weighted by Crippen LogP contribution is 2.30. The number of nitrogens with one attached hydrogen (secondary N) is 1. The van der Waals surface area contributed by atoms with Crippen LogP contribution in [0.5, 0.6) is 5.75 Å². The highest BCUT2D eigenvalue weighted by atomic mass is 35.5. The number of benzene rings is 2.